The molecule has 0 saturated heterocycles. The van der Waals surface area contributed by atoms with Gasteiger partial charge in [-0.3, -0.25) is 34.0 Å². The molecule has 6 aromatic rings. The van der Waals surface area contributed by atoms with Crippen LogP contribution in [0.15, 0.2) is 45.3 Å². The highest BCUT2D eigenvalue weighted by Crippen LogP contribution is 2.33. The SMILES string of the molecule is CCc1nc(C)c(C(=O)Nc2nc3cc(C(N)=O)cc(OC)c3n2C/C=C/Cn2c(NC(=O)c3oc(CC)nc3C)nc3cc(C(N)=O)cc(OCCCOS(C)(=O)=O)c32)o1. The molecule has 0 radical (unpaired) electrons. The molecule has 0 unspecified atom stereocenters. The molecule has 0 bridgehead atoms. The summed E-state index contributed by atoms with van der Waals surface area (Å²) in [5.74, 6) is -1.45. The molecule has 0 aliphatic carbocycles. The first kappa shape index (κ1) is 43.5. The van der Waals surface area contributed by atoms with Gasteiger partial charge in [-0.15, -0.1) is 0 Å². The fourth-order valence-corrected chi connectivity index (χ4v) is 6.73. The Hall–Kier alpha value is -7.07. The monoisotopic (exact) mass is 860 g/mol. The van der Waals surface area contributed by atoms with Crippen molar-refractivity contribution in [2.45, 2.75) is 60.0 Å². The van der Waals surface area contributed by atoms with Crippen molar-refractivity contribution < 1.29 is 50.1 Å². The van der Waals surface area contributed by atoms with Gasteiger partial charge in [0.15, 0.2) is 11.8 Å². The minimum atomic E-state index is -3.69. The number of amides is 4. The number of hydrogen-bond donors (Lipinski definition) is 4. The Labute approximate surface area is 348 Å². The number of anilines is 2. The van der Waals surface area contributed by atoms with Crippen molar-refractivity contribution in [2.24, 2.45) is 11.5 Å². The van der Waals surface area contributed by atoms with Crippen LogP contribution in [0.25, 0.3) is 22.1 Å². The Morgan fingerprint density at radius 1 is 0.738 bits per heavy atom. The number of ether oxygens (including phenoxy) is 2. The molecule has 0 fully saturated rings. The van der Waals surface area contributed by atoms with Crippen LogP contribution in [-0.2, 0) is 40.2 Å². The second kappa shape index (κ2) is 18.0. The van der Waals surface area contributed by atoms with Crippen molar-refractivity contribution >= 4 is 67.7 Å². The molecule has 0 saturated carbocycles. The summed E-state index contributed by atoms with van der Waals surface area (Å²) in [7, 11) is -2.27. The smallest absolute Gasteiger partial charge is 0.295 e. The molecule has 0 atom stereocenters. The number of aromatic nitrogens is 6. The van der Waals surface area contributed by atoms with Crippen molar-refractivity contribution in [1.29, 1.82) is 0 Å². The lowest BCUT2D eigenvalue weighted by Gasteiger charge is -2.13. The van der Waals surface area contributed by atoms with E-state index in [0.29, 0.717) is 52.6 Å². The number of hydrogen-bond acceptors (Lipinski definition) is 15. The quantitative estimate of drug-likeness (QED) is 0.0511. The molecule has 6 rings (SSSR count). The summed E-state index contributed by atoms with van der Waals surface area (Å²) in [5, 5.41) is 5.57. The first-order chi connectivity index (χ1) is 29.0. The number of rotatable bonds is 19. The van der Waals surface area contributed by atoms with Gasteiger partial charge in [0.05, 0.1) is 49.0 Å². The number of nitrogens with zero attached hydrogens (tertiary/aromatic N) is 6. The lowest BCUT2D eigenvalue weighted by Crippen LogP contribution is -2.17. The molecule has 61 heavy (non-hydrogen) atoms. The number of imidazole rings is 2. The van der Waals surface area contributed by atoms with Crippen LogP contribution >= 0.6 is 0 Å². The molecule has 4 aromatic heterocycles. The van der Waals surface area contributed by atoms with E-state index in [-0.39, 0.29) is 84.3 Å². The standard InChI is InChI=1S/C39H44N10O11S/c1-7-28-42-20(3)32(59-28)36(52)46-38-44-24-16-22(34(40)50)18-26(56-5)30(24)48(38)12-9-10-13-49-31-25(45-39(49)47-37(53)33-21(4)43-29(8-2)60-33)17-23(35(41)51)19-27(31)57-14-11-15-58-61(6,54)55/h9-10,16-19H,7-8,11-15H2,1-6H3,(H2,40,50)(H2,41,51)(H,44,46,52)(H,45,47,53)/b10-9+. The average Bonchev–Trinajstić information content (AvgIpc) is 3.97. The predicted octanol–water partition coefficient (Wildman–Crippen LogP) is 3.82. The summed E-state index contributed by atoms with van der Waals surface area (Å²) in [6.07, 6.45) is 5.52. The molecule has 0 aliphatic rings. The topological polar surface area (TPSA) is 294 Å². The number of allylic oxidation sites excluding steroid dienone is 2. The highest BCUT2D eigenvalue weighted by molar-refractivity contribution is 7.85. The van der Waals surface area contributed by atoms with Gasteiger partial charge in [-0.1, -0.05) is 26.0 Å². The zero-order chi connectivity index (χ0) is 44.2. The molecule has 0 spiro atoms. The Bertz CT molecular complexity index is 2820. The zero-order valence-electron chi connectivity index (χ0n) is 34.2. The number of fused-ring (bicyclic) bond motifs is 2. The normalized spacial score (nSPS) is 11.8. The number of carbonyl (C=O) groups is 4. The lowest BCUT2D eigenvalue weighted by atomic mass is 10.1. The molecular formula is C39H44N10O11S. The van der Waals surface area contributed by atoms with Crippen LogP contribution in [0, 0.1) is 13.8 Å². The molecule has 0 aliphatic heterocycles. The minimum absolute atomic E-state index is 0.00392. The average molecular weight is 861 g/mol. The number of aryl methyl sites for hydroxylation is 4. The Morgan fingerprint density at radius 2 is 1.20 bits per heavy atom. The highest BCUT2D eigenvalue weighted by Gasteiger charge is 2.25. The van der Waals surface area contributed by atoms with Crippen LogP contribution in [0.2, 0.25) is 0 Å². The van der Waals surface area contributed by atoms with E-state index in [1.54, 1.807) is 35.1 Å². The molecule has 4 heterocycles. The van der Waals surface area contributed by atoms with Crippen molar-refractivity contribution in [3.8, 4) is 11.5 Å². The van der Waals surface area contributed by atoms with E-state index in [1.807, 2.05) is 13.8 Å². The van der Waals surface area contributed by atoms with Crippen LogP contribution in [0.4, 0.5) is 11.9 Å². The van der Waals surface area contributed by atoms with E-state index in [0.717, 1.165) is 6.26 Å². The third-order valence-electron chi connectivity index (χ3n) is 9.14. The highest BCUT2D eigenvalue weighted by atomic mass is 32.2. The summed E-state index contributed by atoms with van der Waals surface area (Å²) in [6, 6.07) is 5.81. The van der Waals surface area contributed by atoms with Crippen molar-refractivity contribution in [3.05, 3.63) is 82.2 Å². The molecule has 21 nitrogen and oxygen atoms in total. The van der Waals surface area contributed by atoms with Gasteiger partial charge >= 0.3 is 0 Å². The fourth-order valence-electron chi connectivity index (χ4n) is 6.31. The maximum absolute atomic E-state index is 13.6. The number of carbonyl (C=O) groups excluding carboxylic acids is 4. The molecule has 22 heteroatoms. The first-order valence-corrected chi connectivity index (χ1v) is 20.7. The lowest BCUT2D eigenvalue weighted by molar-refractivity contribution is 0.0985. The van der Waals surface area contributed by atoms with Crippen LogP contribution in [0.5, 0.6) is 11.5 Å². The van der Waals surface area contributed by atoms with E-state index in [2.05, 4.69) is 30.6 Å². The number of primary amides is 2. The van der Waals surface area contributed by atoms with E-state index in [9.17, 15) is 27.6 Å². The number of nitrogens with one attached hydrogen (secondary N) is 2. The molecule has 322 valence electrons. The van der Waals surface area contributed by atoms with Crippen molar-refractivity contribution in [1.82, 2.24) is 29.1 Å². The zero-order valence-corrected chi connectivity index (χ0v) is 35.0. The van der Waals surface area contributed by atoms with Crippen LogP contribution in [0.1, 0.15) is 85.3 Å². The third kappa shape index (κ3) is 9.71. The van der Waals surface area contributed by atoms with Crippen molar-refractivity contribution in [3.63, 3.8) is 0 Å². The largest absolute Gasteiger partial charge is 0.494 e. The van der Waals surface area contributed by atoms with Crippen molar-refractivity contribution in [2.75, 3.05) is 37.2 Å². The third-order valence-corrected chi connectivity index (χ3v) is 9.73. The number of benzene rings is 2. The summed E-state index contributed by atoms with van der Waals surface area (Å²) in [6.45, 7) is 6.90. The number of methoxy groups -OCH3 is 1. The van der Waals surface area contributed by atoms with Gasteiger partial charge in [0.1, 0.15) is 22.5 Å². The first-order valence-electron chi connectivity index (χ1n) is 18.9. The van der Waals surface area contributed by atoms with Gasteiger partial charge in [-0.25, -0.2) is 19.9 Å². The summed E-state index contributed by atoms with van der Waals surface area (Å²) < 4.78 is 54.1. The van der Waals surface area contributed by atoms with Gasteiger partial charge in [-0.2, -0.15) is 8.42 Å². The predicted molar refractivity (Wildman–Crippen MR) is 220 cm³/mol. The number of nitrogens with two attached hydrogens (primary N) is 2. The van der Waals surface area contributed by atoms with Crippen LogP contribution < -0.4 is 31.6 Å². The fraction of sp³-hybridized carbons (Fsp3) is 0.333. The maximum atomic E-state index is 13.6. The number of oxazole rings is 2. The van der Waals surface area contributed by atoms with E-state index >= 15 is 0 Å². The second-order valence-corrected chi connectivity index (χ2v) is 15.2. The van der Waals surface area contributed by atoms with Gasteiger partial charge < -0.3 is 38.9 Å². The van der Waals surface area contributed by atoms with E-state index in [4.69, 9.17) is 34.0 Å². The van der Waals surface area contributed by atoms with E-state index in [1.165, 1.54) is 31.4 Å². The summed E-state index contributed by atoms with van der Waals surface area (Å²) in [5.41, 5.74) is 13.5. The van der Waals surface area contributed by atoms with Gasteiger partial charge in [0.25, 0.3) is 21.9 Å². The second-order valence-electron chi connectivity index (χ2n) is 13.6. The Balaban J connectivity index is 1.39. The summed E-state index contributed by atoms with van der Waals surface area (Å²) >= 11 is 0. The van der Waals surface area contributed by atoms with Crippen LogP contribution in [-0.4, -0.2) is 87.7 Å². The molecule has 6 N–H and O–H groups in total. The maximum Gasteiger partial charge on any atom is 0.295 e. The Kier molecular flexibility index (Phi) is 12.9. The molecule has 2 aromatic carbocycles. The Morgan fingerprint density at radius 3 is 1.61 bits per heavy atom. The minimum Gasteiger partial charge on any atom is -0.494 e. The van der Waals surface area contributed by atoms with E-state index < -0.39 is 33.7 Å². The van der Waals surface area contributed by atoms with Gasteiger partial charge in [0.2, 0.25) is 35.2 Å². The van der Waals surface area contributed by atoms with Gasteiger partial charge in [0, 0.05) is 43.5 Å². The van der Waals surface area contributed by atoms with Gasteiger partial charge in [-0.05, 0) is 38.1 Å². The molecular weight excluding hydrogens is 817 g/mol. The molecule has 4 amide bonds. The van der Waals surface area contributed by atoms with Crippen LogP contribution in [0.3, 0.4) is 0 Å². The summed E-state index contributed by atoms with van der Waals surface area (Å²) in [4.78, 5) is 69.5.